The molecule has 0 N–H and O–H groups in total. The van der Waals surface area contributed by atoms with Crippen LogP contribution in [0.15, 0.2) is 6.20 Å². The van der Waals surface area contributed by atoms with Crippen molar-refractivity contribution in [3.8, 4) is 0 Å². The third kappa shape index (κ3) is 1.93. The summed E-state index contributed by atoms with van der Waals surface area (Å²) in [6.45, 7) is 1.62. The van der Waals surface area contributed by atoms with Gasteiger partial charge in [-0.1, -0.05) is 15.9 Å². The maximum absolute atomic E-state index is 12.1. The van der Waals surface area contributed by atoms with Gasteiger partial charge in [-0.05, 0) is 12.8 Å². The van der Waals surface area contributed by atoms with Crippen molar-refractivity contribution in [1.82, 2.24) is 14.7 Å². The monoisotopic (exact) mass is 271 g/mol. The van der Waals surface area contributed by atoms with E-state index < -0.39 is 0 Å². The molecule has 0 spiro atoms. The fourth-order valence-electron chi connectivity index (χ4n) is 1.96. The van der Waals surface area contributed by atoms with Crippen LogP contribution in [-0.2, 0) is 13.5 Å². The average Bonchev–Trinajstić information content (AvgIpc) is 2.50. The number of amides is 1. The molecule has 2 rings (SSSR count). The average molecular weight is 272 g/mol. The van der Waals surface area contributed by atoms with Crippen molar-refractivity contribution >= 4 is 21.8 Å². The lowest BCUT2D eigenvalue weighted by Gasteiger charge is -2.18. The number of alkyl halides is 1. The van der Waals surface area contributed by atoms with Crippen LogP contribution in [0.5, 0.6) is 0 Å². The minimum Gasteiger partial charge on any atom is -0.338 e. The Morgan fingerprint density at radius 1 is 1.60 bits per heavy atom. The molecule has 82 valence electrons. The molecular formula is C10H14BrN3O. The van der Waals surface area contributed by atoms with Crippen LogP contribution in [0.2, 0.25) is 0 Å². The lowest BCUT2D eigenvalue weighted by molar-refractivity contribution is 0.0772. The SMILES string of the molecule is Cn1ncc2c1CCCN(CCBr)C2=O. The lowest BCUT2D eigenvalue weighted by Crippen LogP contribution is -2.32. The summed E-state index contributed by atoms with van der Waals surface area (Å²) in [5.74, 6) is 0.120. The summed E-state index contributed by atoms with van der Waals surface area (Å²) < 4.78 is 1.81. The fraction of sp³-hybridized carbons (Fsp3) is 0.600. The number of carbonyl (C=O) groups excluding carboxylic acids is 1. The van der Waals surface area contributed by atoms with Gasteiger partial charge in [0.1, 0.15) is 0 Å². The molecule has 0 aliphatic carbocycles. The second-order valence-corrected chi connectivity index (χ2v) is 4.51. The van der Waals surface area contributed by atoms with E-state index in [1.165, 1.54) is 0 Å². The van der Waals surface area contributed by atoms with Gasteiger partial charge in [0.25, 0.3) is 5.91 Å². The summed E-state index contributed by atoms with van der Waals surface area (Å²) in [5, 5.41) is 4.97. The predicted octanol–water partition coefficient (Wildman–Crippen LogP) is 1.20. The highest BCUT2D eigenvalue weighted by Gasteiger charge is 2.24. The Labute approximate surface area is 97.4 Å². The third-order valence-electron chi connectivity index (χ3n) is 2.78. The van der Waals surface area contributed by atoms with Crippen molar-refractivity contribution < 1.29 is 4.79 Å². The van der Waals surface area contributed by atoms with E-state index in [-0.39, 0.29) is 5.91 Å². The molecule has 1 aromatic heterocycles. The highest BCUT2D eigenvalue weighted by molar-refractivity contribution is 9.09. The minimum atomic E-state index is 0.120. The third-order valence-corrected chi connectivity index (χ3v) is 3.13. The van der Waals surface area contributed by atoms with Crippen LogP contribution in [0.4, 0.5) is 0 Å². The standard InChI is InChI=1S/C10H14BrN3O/c1-13-9-3-2-5-14(6-4-11)10(15)8(9)7-12-13/h7H,2-6H2,1H3. The van der Waals surface area contributed by atoms with E-state index >= 15 is 0 Å². The zero-order valence-corrected chi connectivity index (χ0v) is 10.3. The fourth-order valence-corrected chi connectivity index (χ4v) is 2.39. The summed E-state index contributed by atoms with van der Waals surface area (Å²) >= 11 is 3.37. The molecule has 0 fully saturated rings. The first-order valence-corrected chi connectivity index (χ1v) is 6.22. The number of nitrogens with zero attached hydrogens (tertiary/aromatic N) is 3. The Morgan fingerprint density at radius 3 is 3.13 bits per heavy atom. The highest BCUT2D eigenvalue weighted by Crippen LogP contribution is 2.17. The van der Waals surface area contributed by atoms with Gasteiger partial charge in [0.05, 0.1) is 17.5 Å². The Kier molecular flexibility index (Phi) is 3.09. The Hall–Kier alpha value is -0.840. The zero-order valence-electron chi connectivity index (χ0n) is 8.74. The number of carbonyl (C=O) groups is 1. The van der Waals surface area contributed by atoms with E-state index in [1.807, 2.05) is 16.6 Å². The number of hydrogen-bond acceptors (Lipinski definition) is 2. The zero-order chi connectivity index (χ0) is 10.8. The van der Waals surface area contributed by atoms with E-state index in [0.717, 1.165) is 42.5 Å². The number of aryl methyl sites for hydroxylation is 1. The molecule has 0 atom stereocenters. The molecule has 1 amide bonds. The number of fused-ring (bicyclic) bond motifs is 1. The maximum Gasteiger partial charge on any atom is 0.257 e. The van der Waals surface area contributed by atoms with Crippen molar-refractivity contribution in [2.45, 2.75) is 12.8 Å². The van der Waals surface area contributed by atoms with Gasteiger partial charge in [0.2, 0.25) is 0 Å². The van der Waals surface area contributed by atoms with Crippen LogP contribution in [-0.4, -0.2) is 39.0 Å². The Morgan fingerprint density at radius 2 is 2.40 bits per heavy atom. The van der Waals surface area contributed by atoms with E-state index in [0.29, 0.717) is 0 Å². The first-order chi connectivity index (χ1) is 7.24. The highest BCUT2D eigenvalue weighted by atomic mass is 79.9. The van der Waals surface area contributed by atoms with Crippen molar-refractivity contribution in [3.05, 3.63) is 17.5 Å². The van der Waals surface area contributed by atoms with Gasteiger partial charge in [0.15, 0.2) is 0 Å². The molecule has 0 radical (unpaired) electrons. The summed E-state index contributed by atoms with van der Waals surface area (Å²) in [5.41, 5.74) is 1.84. The molecule has 0 saturated heterocycles. The number of halogens is 1. The van der Waals surface area contributed by atoms with Gasteiger partial charge in [-0.2, -0.15) is 5.10 Å². The van der Waals surface area contributed by atoms with Crippen LogP contribution >= 0.6 is 15.9 Å². The second-order valence-electron chi connectivity index (χ2n) is 3.71. The molecule has 0 aromatic carbocycles. The van der Waals surface area contributed by atoms with Gasteiger partial charge in [-0.25, -0.2) is 0 Å². The van der Waals surface area contributed by atoms with Gasteiger partial charge in [-0.15, -0.1) is 0 Å². The van der Waals surface area contributed by atoms with Crippen LogP contribution in [0.25, 0.3) is 0 Å². The normalized spacial score (nSPS) is 16.4. The predicted molar refractivity (Wildman–Crippen MR) is 61.2 cm³/mol. The number of rotatable bonds is 2. The molecule has 0 unspecified atom stereocenters. The van der Waals surface area contributed by atoms with Gasteiger partial charge in [-0.3, -0.25) is 9.48 Å². The molecule has 4 nitrogen and oxygen atoms in total. The number of hydrogen-bond donors (Lipinski definition) is 0. The molecule has 2 heterocycles. The quantitative estimate of drug-likeness (QED) is 0.759. The van der Waals surface area contributed by atoms with Crippen LogP contribution in [0.1, 0.15) is 22.5 Å². The van der Waals surface area contributed by atoms with E-state index in [2.05, 4.69) is 21.0 Å². The molecule has 1 aliphatic rings. The van der Waals surface area contributed by atoms with Gasteiger partial charge >= 0.3 is 0 Å². The minimum absolute atomic E-state index is 0.120. The topological polar surface area (TPSA) is 38.1 Å². The second kappa shape index (κ2) is 4.35. The van der Waals surface area contributed by atoms with Crippen LogP contribution < -0.4 is 0 Å². The van der Waals surface area contributed by atoms with Crippen molar-refractivity contribution in [2.24, 2.45) is 7.05 Å². The molecule has 0 bridgehead atoms. The molecule has 5 heteroatoms. The summed E-state index contributed by atoms with van der Waals surface area (Å²) in [6.07, 6.45) is 3.64. The maximum atomic E-state index is 12.1. The molecule has 1 aromatic rings. The molecule has 15 heavy (non-hydrogen) atoms. The first-order valence-electron chi connectivity index (χ1n) is 5.10. The first kappa shape index (κ1) is 10.7. The molecule has 1 aliphatic heterocycles. The molecular weight excluding hydrogens is 258 g/mol. The molecule has 0 saturated carbocycles. The van der Waals surface area contributed by atoms with Crippen LogP contribution in [0, 0.1) is 0 Å². The van der Waals surface area contributed by atoms with E-state index in [1.54, 1.807) is 6.20 Å². The Balaban J connectivity index is 2.31. The number of aromatic nitrogens is 2. The summed E-state index contributed by atoms with van der Waals surface area (Å²) in [7, 11) is 1.90. The Bertz CT molecular complexity index is 375. The largest absolute Gasteiger partial charge is 0.338 e. The summed E-state index contributed by atoms with van der Waals surface area (Å²) in [6, 6.07) is 0. The smallest absolute Gasteiger partial charge is 0.257 e. The van der Waals surface area contributed by atoms with E-state index in [9.17, 15) is 4.79 Å². The lowest BCUT2D eigenvalue weighted by atomic mass is 10.2. The van der Waals surface area contributed by atoms with Crippen molar-refractivity contribution in [3.63, 3.8) is 0 Å². The van der Waals surface area contributed by atoms with Crippen LogP contribution in [0.3, 0.4) is 0 Å². The van der Waals surface area contributed by atoms with Crippen molar-refractivity contribution in [2.75, 3.05) is 18.4 Å². The van der Waals surface area contributed by atoms with Gasteiger partial charge < -0.3 is 4.90 Å². The van der Waals surface area contributed by atoms with E-state index in [4.69, 9.17) is 0 Å². The van der Waals surface area contributed by atoms with Crippen molar-refractivity contribution in [1.29, 1.82) is 0 Å². The van der Waals surface area contributed by atoms with Gasteiger partial charge in [0, 0.05) is 25.5 Å². The summed E-state index contributed by atoms with van der Waals surface area (Å²) in [4.78, 5) is 14.0.